The number of benzene rings is 4. The lowest BCUT2D eigenvalue weighted by Gasteiger charge is -2.09. The van der Waals surface area contributed by atoms with Crippen molar-refractivity contribution in [3.05, 3.63) is 114 Å². The Labute approximate surface area is 241 Å². The number of carbonyl (C=O) groups excluding carboxylic acids is 2. The molecule has 0 bridgehead atoms. The summed E-state index contributed by atoms with van der Waals surface area (Å²) in [5, 5.41) is 4.41. The number of amides is 1. The van der Waals surface area contributed by atoms with Crippen molar-refractivity contribution in [3.8, 4) is 17.2 Å². The molecule has 1 aliphatic rings. The van der Waals surface area contributed by atoms with Crippen LogP contribution in [0.25, 0.3) is 10.8 Å². The van der Waals surface area contributed by atoms with Gasteiger partial charge in [-0.15, -0.1) is 0 Å². The highest BCUT2D eigenvalue weighted by Crippen LogP contribution is 2.59. The van der Waals surface area contributed by atoms with Crippen molar-refractivity contribution in [1.82, 2.24) is 5.32 Å². The van der Waals surface area contributed by atoms with Gasteiger partial charge in [0, 0.05) is 12.4 Å². The molecule has 4 aromatic rings. The zero-order valence-electron chi connectivity index (χ0n) is 24.2. The van der Waals surface area contributed by atoms with E-state index in [1.54, 1.807) is 6.07 Å². The number of carbonyl (C=O) groups is 2. The highest BCUT2D eigenvalue weighted by Gasteiger charge is 2.61. The molecule has 41 heavy (non-hydrogen) atoms. The van der Waals surface area contributed by atoms with Crippen LogP contribution in [0.2, 0.25) is 0 Å². The highest BCUT2D eigenvalue weighted by atomic mass is 16.6. The summed E-state index contributed by atoms with van der Waals surface area (Å²) in [5.74, 6) is 2.19. The van der Waals surface area contributed by atoms with Crippen LogP contribution in [0.15, 0.2) is 109 Å². The summed E-state index contributed by atoms with van der Waals surface area (Å²) < 4.78 is 16.5. The van der Waals surface area contributed by atoms with Crippen LogP contribution in [0.3, 0.4) is 0 Å². The number of nitrogens with one attached hydrogen (secondary N) is 1. The van der Waals surface area contributed by atoms with Crippen molar-refractivity contribution >= 4 is 22.8 Å². The maximum Gasteiger partial charge on any atom is 0.412 e. The average molecular weight is 552 g/mol. The molecule has 1 fully saturated rings. The van der Waals surface area contributed by atoms with Crippen molar-refractivity contribution in [1.29, 1.82) is 0 Å². The smallest absolute Gasteiger partial charge is 0.412 e. The summed E-state index contributed by atoms with van der Waals surface area (Å²) in [6.07, 6.45) is 1.73. The van der Waals surface area contributed by atoms with E-state index in [-0.39, 0.29) is 29.8 Å². The van der Waals surface area contributed by atoms with E-state index < -0.39 is 6.09 Å². The Hall–Kier alpha value is -4.58. The lowest BCUT2D eigenvalue weighted by molar-refractivity contribution is -0.147. The summed E-state index contributed by atoms with van der Waals surface area (Å²) in [6, 6.07) is 30.7. The van der Waals surface area contributed by atoms with Crippen LogP contribution >= 0.6 is 0 Å². The molecule has 4 aromatic carbocycles. The number of hydrogen-bond acceptors (Lipinski definition) is 5. The van der Waals surface area contributed by atoms with E-state index in [0.717, 1.165) is 27.8 Å². The molecule has 5 rings (SSSR count). The van der Waals surface area contributed by atoms with Crippen LogP contribution in [0.1, 0.15) is 33.3 Å². The Kier molecular flexibility index (Phi) is 9.45. The Balaban J connectivity index is 0.000000218. The maximum absolute atomic E-state index is 12.5. The minimum absolute atomic E-state index is 0.0212. The summed E-state index contributed by atoms with van der Waals surface area (Å²) in [4.78, 5) is 23.6. The second-order valence-electron chi connectivity index (χ2n) is 10.9. The predicted octanol–water partition coefficient (Wildman–Crippen LogP) is 8.32. The van der Waals surface area contributed by atoms with Crippen molar-refractivity contribution in [2.24, 2.45) is 17.3 Å². The van der Waals surface area contributed by atoms with E-state index >= 15 is 0 Å². The van der Waals surface area contributed by atoms with E-state index in [4.69, 9.17) is 14.2 Å². The fourth-order valence-corrected chi connectivity index (χ4v) is 4.80. The Morgan fingerprint density at radius 3 is 2.24 bits per heavy atom. The topological polar surface area (TPSA) is 73.9 Å². The third-order valence-electron chi connectivity index (χ3n) is 7.09. The lowest BCUT2D eigenvalue weighted by atomic mass is 10.1. The standard InChI is InChI=1S/C23H26O3.C12H11NO2/c1-16(2)13-20-21(23(20,3)4)22(24)25-15-17-9-8-12-19(14-17)26-18-10-6-5-7-11-18;1-13-12(14)15-11-8-4-6-9-5-2-3-7-10(9)11/h5-14,20-21H,15H2,1-4H3;2-8H,1H3,(H,13,14). The van der Waals surface area contributed by atoms with Crippen molar-refractivity contribution in [2.45, 2.75) is 34.3 Å². The molecule has 0 heterocycles. The van der Waals surface area contributed by atoms with E-state index in [2.05, 4.69) is 39.1 Å². The summed E-state index contributed by atoms with van der Waals surface area (Å²) >= 11 is 0. The summed E-state index contributed by atoms with van der Waals surface area (Å²) in [7, 11) is 1.54. The molecule has 1 aliphatic carbocycles. The first-order valence-electron chi connectivity index (χ1n) is 13.7. The van der Waals surface area contributed by atoms with Gasteiger partial charge in [-0.2, -0.15) is 0 Å². The quantitative estimate of drug-likeness (QED) is 0.185. The fraction of sp³-hybridized carbons (Fsp3) is 0.257. The van der Waals surface area contributed by atoms with Gasteiger partial charge in [-0.25, -0.2) is 4.79 Å². The maximum atomic E-state index is 12.5. The van der Waals surface area contributed by atoms with Gasteiger partial charge in [-0.1, -0.05) is 92.2 Å². The number of allylic oxidation sites excluding steroid dienone is 2. The van der Waals surface area contributed by atoms with Crippen LogP contribution in [0.5, 0.6) is 17.2 Å². The summed E-state index contributed by atoms with van der Waals surface area (Å²) in [6.45, 7) is 8.64. The van der Waals surface area contributed by atoms with Gasteiger partial charge in [0.05, 0.1) is 5.92 Å². The Bertz CT molecular complexity index is 1520. The normalized spacial score (nSPS) is 16.4. The fourth-order valence-electron chi connectivity index (χ4n) is 4.80. The SMILES string of the molecule is CC(C)=CC1C(C(=O)OCc2cccc(Oc3ccccc3)c2)C1(C)C.CNC(=O)Oc1cccc2ccccc12. The van der Waals surface area contributed by atoms with Crippen LogP contribution in [-0.2, 0) is 16.1 Å². The Morgan fingerprint density at radius 2 is 1.51 bits per heavy atom. The van der Waals surface area contributed by atoms with Crippen molar-refractivity contribution in [3.63, 3.8) is 0 Å². The number of rotatable bonds is 7. The minimum atomic E-state index is -0.452. The van der Waals surface area contributed by atoms with Crippen LogP contribution in [-0.4, -0.2) is 19.1 Å². The van der Waals surface area contributed by atoms with E-state index in [9.17, 15) is 9.59 Å². The molecule has 0 saturated heterocycles. The molecule has 1 saturated carbocycles. The zero-order chi connectivity index (χ0) is 29.4. The van der Waals surface area contributed by atoms with Crippen molar-refractivity contribution in [2.75, 3.05) is 7.05 Å². The van der Waals surface area contributed by atoms with Crippen LogP contribution < -0.4 is 14.8 Å². The van der Waals surface area contributed by atoms with Gasteiger partial charge in [0.25, 0.3) is 0 Å². The number of esters is 1. The van der Waals surface area contributed by atoms with Gasteiger partial charge >= 0.3 is 12.1 Å². The van der Waals surface area contributed by atoms with Gasteiger partial charge in [-0.05, 0) is 66.5 Å². The second kappa shape index (κ2) is 13.2. The first-order valence-corrected chi connectivity index (χ1v) is 13.7. The van der Waals surface area contributed by atoms with Crippen LogP contribution in [0, 0.1) is 17.3 Å². The molecule has 2 atom stereocenters. The highest BCUT2D eigenvalue weighted by molar-refractivity contribution is 5.90. The third kappa shape index (κ3) is 7.76. The lowest BCUT2D eigenvalue weighted by Crippen LogP contribution is -2.22. The molecule has 212 valence electrons. The van der Waals surface area contributed by atoms with E-state index in [0.29, 0.717) is 5.75 Å². The first kappa shape index (κ1) is 29.4. The second-order valence-corrected chi connectivity index (χ2v) is 10.9. The van der Waals surface area contributed by atoms with Crippen LogP contribution in [0.4, 0.5) is 4.79 Å². The zero-order valence-corrected chi connectivity index (χ0v) is 24.2. The molecule has 2 unspecified atom stereocenters. The molecular weight excluding hydrogens is 514 g/mol. The number of fused-ring (bicyclic) bond motifs is 1. The van der Waals surface area contributed by atoms with Crippen molar-refractivity contribution < 1.29 is 23.8 Å². The van der Waals surface area contributed by atoms with Gasteiger partial charge in [0.15, 0.2) is 0 Å². The molecular formula is C35H37NO5. The number of hydrogen-bond donors (Lipinski definition) is 1. The summed E-state index contributed by atoms with van der Waals surface area (Å²) in [5.41, 5.74) is 2.14. The molecule has 6 heteroatoms. The molecule has 1 amide bonds. The molecule has 0 radical (unpaired) electrons. The first-order chi connectivity index (χ1) is 19.7. The van der Waals surface area contributed by atoms with Gasteiger partial charge < -0.3 is 19.5 Å². The van der Waals surface area contributed by atoms with E-state index in [1.165, 1.54) is 12.6 Å². The van der Waals surface area contributed by atoms with Gasteiger partial charge in [0.1, 0.15) is 23.9 Å². The van der Waals surface area contributed by atoms with Gasteiger partial charge in [0.2, 0.25) is 0 Å². The molecule has 0 aliphatic heterocycles. The molecule has 6 nitrogen and oxygen atoms in total. The molecule has 0 spiro atoms. The number of ether oxygens (including phenoxy) is 3. The van der Waals surface area contributed by atoms with Gasteiger partial charge in [-0.3, -0.25) is 4.79 Å². The number of para-hydroxylation sites is 1. The predicted molar refractivity (Wildman–Crippen MR) is 162 cm³/mol. The molecule has 1 N–H and O–H groups in total. The minimum Gasteiger partial charge on any atom is -0.461 e. The molecule has 0 aromatic heterocycles. The monoisotopic (exact) mass is 551 g/mol. The largest absolute Gasteiger partial charge is 0.461 e. The van der Waals surface area contributed by atoms with E-state index in [1.807, 2.05) is 91.0 Å². The third-order valence-corrected chi connectivity index (χ3v) is 7.09. The average Bonchev–Trinajstić information content (AvgIpc) is 3.51. The Morgan fingerprint density at radius 1 is 0.854 bits per heavy atom.